The number of hydrogen-bond donors (Lipinski definition) is 0. The molecule has 0 saturated carbocycles. The van der Waals surface area contributed by atoms with Crippen LogP contribution in [0.5, 0.6) is 0 Å². The van der Waals surface area contributed by atoms with Gasteiger partial charge in [-0.15, -0.1) is 0 Å². The third-order valence-corrected chi connectivity index (χ3v) is 4.21. The summed E-state index contributed by atoms with van der Waals surface area (Å²) < 4.78 is 16.5. The van der Waals surface area contributed by atoms with Crippen LogP contribution in [0, 0.1) is 0 Å². The predicted molar refractivity (Wildman–Crippen MR) is 58.6 cm³/mol. The normalized spacial score (nSPS) is 17.1. The Morgan fingerprint density at radius 1 is 1.29 bits per heavy atom. The van der Waals surface area contributed by atoms with E-state index in [4.69, 9.17) is 4.74 Å². The first-order valence-corrected chi connectivity index (χ1v) is 6.35. The Kier molecular flexibility index (Phi) is 6.79. The summed E-state index contributed by atoms with van der Waals surface area (Å²) in [5.74, 6) is -0.253. The van der Waals surface area contributed by atoms with Crippen molar-refractivity contribution in [1.82, 2.24) is 0 Å². The van der Waals surface area contributed by atoms with Crippen molar-refractivity contribution in [2.75, 3.05) is 6.61 Å². The zero-order valence-electron chi connectivity index (χ0n) is 9.41. The van der Waals surface area contributed by atoms with Gasteiger partial charge in [-0.3, -0.25) is 9.00 Å². The minimum Gasteiger partial charge on any atom is -0.466 e. The molecule has 4 heteroatoms. The second-order valence-electron chi connectivity index (χ2n) is 3.37. The lowest BCUT2D eigenvalue weighted by molar-refractivity contribution is -0.143. The maximum atomic E-state index is 11.7. The standard InChI is InChI=1S/C10H20O3S/c1-5-8(3)14(12)9(4)7-10(11)13-6-2/h8-9H,5-7H2,1-4H3. The van der Waals surface area contributed by atoms with Crippen molar-refractivity contribution >= 4 is 16.8 Å². The highest BCUT2D eigenvalue weighted by molar-refractivity contribution is 7.86. The van der Waals surface area contributed by atoms with Gasteiger partial charge in [-0.25, -0.2) is 0 Å². The predicted octanol–water partition coefficient (Wildman–Crippen LogP) is 1.88. The monoisotopic (exact) mass is 220 g/mol. The quantitative estimate of drug-likeness (QED) is 0.642. The zero-order valence-corrected chi connectivity index (χ0v) is 10.2. The highest BCUT2D eigenvalue weighted by atomic mass is 32.2. The maximum Gasteiger partial charge on any atom is 0.306 e. The molecule has 0 aromatic carbocycles. The van der Waals surface area contributed by atoms with Gasteiger partial charge in [0.25, 0.3) is 0 Å². The Balaban J connectivity index is 4.01. The third-order valence-electron chi connectivity index (χ3n) is 2.13. The Morgan fingerprint density at radius 2 is 1.86 bits per heavy atom. The second kappa shape index (κ2) is 6.98. The third kappa shape index (κ3) is 4.74. The molecule has 0 aromatic rings. The van der Waals surface area contributed by atoms with Gasteiger partial charge in [0.15, 0.2) is 0 Å². The minimum absolute atomic E-state index is 0.107. The summed E-state index contributed by atoms with van der Waals surface area (Å²) in [6.45, 7) is 7.94. The van der Waals surface area contributed by atoms with Crippen LogP contribution in [0.3, 0.4) is 0 Å². The van der Waals surface area contributed by atoms with Crippen LogP contribution in [0.25, 0.3) is 0 Å². The Labute approximate surface area is 88.7 Å². The van der Waals surface area contributed by atoms with E-state index in [1.807, 2.05) is 20.8 Å². The van der Waals surface area contributed by atoms with Crippen LogP contribution >= 0.6 is 0 Å². The van der Waals surface area contributed by atoms with E-state index in [1.54, 1.807) is 6.92 Å². The Bertz CT molecular complexity index is 204. The van der Waals surface area contributed by atoms with Gasteiger partial charge in [-0.1, -0.05) is 20.8 Å². The lowest BCUT2D eigenvalue weighted by atomic mass is 10.3. The van der Waals surface area contributed by atoms with Crippen molar-refractivity contribution in [2.24, 2.45) is 0 Å². The van der Waals surface area contributed by atoms with Crippen LogP contribution in [0.15, 0.2) is 0 Å². The average Bonchev–Trinajstić information content (AvgIpc) is 2.15. The number of carbonyl (C=O) groups excluding carboxylic acids is 1. The van der Waals surface area contributed by atoms with E-state index >= 15 is 0 Å². The van der Waals surface area contributed by atoms with Crippen LogP contribution < -0.4 is 0 Å². The van der Waals surface area contributed by atoms with Crippen molar-refractivity contribution in [3.63, 3.8) is 0 Å². The van der Waals surface area contributed by atoms with E-state index in [-0.39, 0.29) is 22.9 Å². The number of rotatable bonds is 6. The molecule has 0 saturated heterocycles. The molecule has 0 aliphatic heterocycles. The fraction of sp³-hybridized carbons (Fsp3) is 0.900. The molecule has 0 rings (SSSR count). The molecule has 0 spiro atoms. The molecule has 0 radical (unpaired) electrons. The molecule has 84 valence electrons. The van der Waals surface area contributed by atoms with Crippen LogP contribution in [-0.4, -0.2) is 27.3 Å². The van der Waals surface area contributed by atoms with Gasteiger partial charge >= 0.3 is 5.97 Å². The maximum absolute atomic E-state index is 11.7. The molecule has 0 bridgehead atoms. The molecular weight excluding hydrogens is 200 g/mol. The summed E-state index contributed by atoms with van der Waals surface area (Å²) in [4.78, 5) is 11.1. The molecule has 0 fully saturated rings. The van der Waals surface area contributed by atoms with E-state index in [1.165, 1.54) is 0 Å². The highest BCUT2D eigenvalue weighted by Crippen LogP contribution is 2.10. The topological polar surface area (TPSA) is 43.4 Å². The van der Waals surface area contributed by atoms with E-state index < -0.39 is 10.8 Å². The van der Waals surface area contributed by atoms with E-state index in [0.717, 1.165) is 6.42 Å². The smallest absolute Gasteiger partial charge is 0.306 e. The van der Waals surface area contributed by atoms with Crippen molar-refractivity contribution < 1.29 is 13.7 Å². The molecule has 3 unspecified atom stereocenters. The first-order valence-electron chi connectivity index (χ1n) is 5.07. The molecule has 0 aromatic heterocycles. The van der Waals surface area contributed by atoms with Crippen LogP contribution in [0.1, 0.15) is 40.5 Å². The molecule has 3 atom stereocenters. The molecule has 3 nitrogen and oxygen atoms in total. The van der Waals surface area contributed by atoms with Crippen molar-refractivity contribution in [3.8, 4) is 0 Å². The zero-order chi connectivity index (χ0) is 11.1. The number of carbonyl (C=O) groups is 1. The summed E-state index contributed by atoms with van der Waals surface area (Å²) in [6, 6.07) is 0. The van der Waals surface area contributed by atoms with Crippen LogP contribution in [-0.2, 0) is 20.3 Å². The highest BCUT2D eigenvalue weighted by Gasteiger charge is 2.19. The second-order valence-corrected chi connectivity index (χ2v) is 5.63. The van der Waals surface area contributed by atoms with Gasteiger partial charge in [-0.05, 0) is 13.3 Å². The van der Waals surface area contributed by atoms with Gasteiger partial charge < -0.3 is 4.74 Å². The fourth-order valence-corrected chi connectivity index (χ4v) is 2.52. The van der Waals surface area contributed by atoms with Crippen molar-refractivity contribution in [1.29, 1.82) is 0 Å². The fourth-order valence-electron chi connectivity index (χ4n) is 1.10. The number of ether oxygens (including phenoxy) is 1. The molecular formula is C10H20O3S. The van der Waals surface area contributed by atoms with E-state index in [9.17, 15) is 9.00 Å². The summed E-state index contributed by atoms with van der Waals surface area (Å²) in [5, 5.41) is 0.0448. The summed E-state index contributed by atoms with van der Waals surface area (Å²) in [5.41, 5.74) is 0. The number of esters is 1. The Morgan fingerprint density at radius 3 is 2.29 bits per heavy atom. The first kappa shape index (κ1) is 13.6. The molecule has 0 heterocycles. The molecule has 14 heavy (non-hydrogen) atoms. The van der Waals surface area contributed by atoms with Crippen molar-refractivity contribution in [3.05, 3.63) is 0 Å². The summed E-state index contributed by atoms with van der Waals surface area (Å²) >= 11 is 0. The summed E-state index contributed by atoms with van der Waals surface area (Å²) in [6.07, 6.45) is 1.13. The lowest BCUT2D eigenvalue weighted by Gasteiger charge is -2.14. The van der Waals surface area contributed by atoms with Gasteiger partial charge in [0.1, 0.15) is 0 Å². The minimum atomic E-state index is -0.935. The van der Waals surface area contributed by atoms with E-state index in [0.29, 0.717) is 6.61 Å². The largest absolute Gasteiger partial charge is 0.466 e. The SMILES string of the molecule is CCOC(=O)CC(C)S(=O)C(C)CC. The van der Waals surface area contributed by atoms with Gasteiger partial charge in [0, 0.05) is 21.3 Å². The lowest BCUT2D eigenvalue weighted by Crippen LogP contribution is -2.24. The average molecular weight is 220 g/mol. The van der Waals surface area contributed by atoms with Gasteiger partial charge in [-0.2, -0.15) is 0 Å². The molecule has 0 amide bonds. The Hall–Kier alpha value is -0.380. The van der Waals surface area contributed by atoms with Crippen LogP contribution in [0.2, 0.25) is 0 Å². The van der Waals surface area contributed by atoms with Gasteiger partial charge in [0.2, 0.25) is 0 Å². The van der Waals surface area contributed by atoms with E-state index in [2.05, 4.69) is 0 Å². The molecule has 0 N–H and O–H groups in total. The van der Waals surface area contributed by atoms with Crippen molar-refractivity contribution in [2.45, 2.75) is 51.0 Å². The summed E-state index contributed by atoms with van der Waals surface area (Å²) in [7, 11) is -0.935. The molecule has 0 aliphatic rings. The van der Waals surface area contributed by atoms with Crippen LogP contribution in [0.4, 0.5) is 0 Å². The number of hydrogen-bond acceptors (Lipinski definition) is 3. The first-order chi connectivity index (χ1) is 6.52. The van der Waals surface area contributed by atoms with Gasteiger partial charge in [0.05, 0.1) is 13.0 Å². The molecule has 0 aliphatic carbocycles.